The molecule has 1 atom stereocenters. The van der Waals surface area contributed by atoms with Crippen LogP contribution in [0.2, 0.25) is 0 Å². The van der Waals surface area contributed by atoms with E-state index in [-0.39, 0.29) is 6.10 Å². The molecule has 0 saturated carbocycles. The zero-order valence-corrected chi connectivity index (χ0v) is 11.3. The Labute approximate surface area is 109 Å². The van der Waals surface area contributed by atoms with E-state index in [1.54, 1.807) is 0 Å². The Morgan fingerprint density at radius 2 is 2.22 bits per heavy atom. The molecule has 2 rings (SSSR count). The van der Waals surface area contributed by atoms with Gasteiger partial charge in [0.25, 0.3) is 0 Å². The monoisotopic (exact) mass is 249 g/mol. The van der Waals surface area contributed by atoms with Gasteiger partial charge in [-0.05, 0) is 32.3 Å². The Morgan fingerprint density at radius 1 is 1.39 bits per heavy atom. The van der Waals surface area contributed by atoms with Crippen LogP contribution in [0.25, 0.3) is 0 Å². The lowest BCUT2D eigenvalue weighted by Gasteiger charge is -2.15. The van der Waals surface area contributed by atoms with Crippen LogP contribution in [-0.4, -0.2) is 25.9 Å². The second kappa shape index (κ2) is 6.76. The highest BCUT2D eigenvalue weighted by Crippen LogP contribution is 2.19. The number of nitrogens with one attached hydrogen (secondary N) is 1. The molecule has 1 aromatic carbocycles. The minimum absolute atomic E-state index is 0.217. The second-order valence-corrected chi connectivity index (χ2v) is 5.13. The summed E-state index contributed by atoms with van der Waals surface area (Å²) in [7, 11) is 0. The summed E-state index contributed by atoms with van der Waals surface area (Å²) in [5.41, 5.74) is 1.23. The molecule has 1 saturated heterocycles. The number of hydrogen-bond donors (Lipinski definition) is 1. The van der Waals surface area contributed by atoms with Crippen molar-refractivity contribution in [1.29, 1.82) is 0 Å². The lowest BCUT2D eigenvalue weighted by Crippen LogP contribution is -2.23. The predicted molar refractivity (Wildman–Crippen MR) is 72.8 cm³/mol. The van der Waals surface area contributed by atoms with Gasteiger partial charge in [0.05, 0.1) is 12.7 Å². The number of benzene rings is 1. The van der Waals surface area contributed by atoms with Gasteiger partial charge in [-0.25, -0.2) is 0 Å². The third-order valence-corrected chi connectivity index (χ3v) is 3.11. The normalized spacial score (nSPS) is 19.4. The van der Waals surface area contributed by atoms with Crippen LogP contribution in [0.1, 0.15) is 25.8 Å². The average Bonchev–Trinajstić information content (AvgIpc) is 2.84. The molecule has 1 N–H and O–H groups in total. The first kappa shape index (κ1) is 13.4. The van der Waals surface area contributed by atoms with Gasteiger partial charge in [-0.2, -0.15) is 0 Å². The molecule has 0 amide bonds. The molecule has 0 aromatic heterocycles. The maximum atomic E-state index is 5.80. The van der Waals surface area contributed by atoms with E-state index in [0.29, 0.717) is 5.92 Å². The van der Waals surface area contributed by atoms with Crippen LogP contribution in [0.3, 0.4) is 0 Å². The minimum Gasteiger partial charge on any atom is -0.491 e. The topological polar surface area (TPSA) is 30.5 Å². The third kappa shape index (κ3) is 4.00. The summed E-state index contributed by atoms with van der Waals surface area (Å²) in [6.45, 7) is 7.81. The van der Waals surface area contributed by atoms with E-state index in [9.17, 15) is 0 Å². The summed E-state index contributed by atoms with van der Waals surface area (Å²) in [5, 5.41) is 3.50. The molecule has 0 bridgehead atoms. The van der Waals surface area contributed by atoms with Gasteiger partial charge in [-0.3, -0.25) is 0 Å². The molecular formula is C15H23NO2. The number of hydrogen-bond acceptors (Lipinski definition) is 3. The van der Waals surface area contributed by atoms with Gasteiger partial charge in [0.15, 0.2) is 0 Å². The fourth-order valence-electron chi connectivity index (χ4n) is 2.17. The standard InChI is InChI=1S/C15H23NO2/c1-12(2)18-15-6-4-3-5-14(15)10-16-9-13-7-8-17-11-13/h3-6,12-13,16H,7-11H2,1-2H3. The zero-order valence-electron chi connectivity index (χ0n) is 11.3. The Hall–Kier alpha value is -1.06. The van der Waals surface area contributed by atoms with Gasteiger partial charge in [0, 0.05) is 25.3 Å². The summed E-state index contributed by atoms with van der Waals surface area (Å²) in [4.78, 5) is 0. The fraction of sp³-hybridized carbons (Fsp3) is 0.600. The molecular weight excluding hydrogens is 226 g/mol. The molecule has 0 spiro atoms. The number of ether oxygens (including phenoxy) is 2. The molecule has 0 radical (unpaired) electrons. The average molecular weight is 249 g/mol. The molecule has 1 aliphatic rings. The van der Waals surface area contributed by atoms with E-state index in [1.165, 1.54) is 12.0 Å². The van der Waals surface area contributed by atoms with E-state index in [1.807, 2.05) is 12.1 Å². The van der Waals surface area contributed by atoms with Crippen LogP contribution in [0.15, 0.2) is 24.3 Å². The van der Waals surface area contributed by atoms with Crippen molar-refractivity contribution in [1.82, 2.24) is 5.32 Å². The molecule has 100 valence electrons. The smallest absolute Gasteiger partial charge is 0.124 e. The first-order chi connectivity index (χ1) is 8.75. The highest BCUT2D eigenvalue weighted by atomic mass is 16.5. The van der Waals surface area contributed by atoms with Gasteiger partial charge in [0.1, 0.15) is 5.75 Å². The maximum absolute atomic E-state index is 5.80. The quantitative estimate of drug-likeness (QED) is 0.840. The van der Waals surface area contributed by atoms with Gasteiger partial charge in [-0.1, -0.05) is 18.2 Å². The Bertz CT molecular complexity index is 359. The molecule has 1 fully saturated rings. The molecule has 18 heavy (non-hydrogen) atoms. The molecule has 0 aliphatic carbocycles. The van der Waals surface area contributed by atoms with Crippen molar-refractivity contribution in [3.05, 3.63) is 29.8 Å². The molecule has 1 unspecified atom stereocenters. The Balaban J connectivity index is 1.83. The summed E-state index contributed by atoms with van der Waals surface area (Å²) >= 11 is 0. The van der Waals surface area contributed by atoms with Crippen LogP contribution < -0.4 is 10.1 Å². The van der Waals surface area contributed by atoms with Gasteiger partial charge in [0.2, 0.25) is 0 Å². The van der Waals surface area contributed by atoms with Crippen LogP contribution >= 0.6 is 0 Å². The van der Waals surface area contributed by atoms with Crippen molar-refractivity contribution in [2.75, 3.05) is 19.8 Å². The van der Waals surface area contributed by atoms with E-state index >= 15 is 0 Å². The highest BCUT2D eigenvalue weighted by molar-refractivity contribution is 5.33. The molecule has 3 nitrogen and oxygen atoms in total. The van der Waals surface area contributed by atoms with E-state index in [0.717, 1.165) is 32.1 Å². The Morgan fingerprint density at radius 3 is 2.94 bits per heavy atom. The second-order valence-electron chi connectivity index (χ2n) is 5.13. The van der Waals surface area contributed by atoms with Gasteiger partial charge in [-0.15, -0.1) is 0 Å². The van der Waals surface area contributed by atoms with Crippen molar-refractivity contribution >= 4 is 0 Å². The molecule has 1 aromatic rings. The summed E-state index contributed by atoms with van der Waals surface area (Å²) < 4.78 is 11.2. The predicted octanol–water partition coefficient (Wildman–Crippen LogP) is 2.60. The zero-order chi connectivity index (χ0) is 12.8. The van der Waals surface area contributed by atoms with Crippen molar-refractivity contribution in [2.45, 2.75) is 32.9 Å². The van der Waals surface area contributed by atoms with Crippen molar-refractivity contribution in [3.8, 4) is 5.75 Å². The summed E-state index contributed by atoms with van der Waals surface area (Å²) in [6.07, 6.45) is 1.39. The van der Waals surface area contributed by atoms with Gasteiger partial charge >= 0.3 is 0 Å². The minimum atomic E-state index is 0.217. The number of rotatable bonds is 6. The largest absolute Gasteiger partial charge is 0.491 e. The first-order valence-corrected chi connectivity index (χ1v) is 6.78. The number of para-hydroxylation sites is 1. The Kier molecular flexibility index (Phi) is 5.02. The van der Waals surface area contributed by atoms with E-state index < -0.39 is 0 Å². The highest BCUT2D eigenvalue weighted by Gasteiger charge is 2.15. The van der Waals surface area contributed by atoms with Crippen LogP contribution in [0.4, 0.5) is 0 Å². The maximum Gasteiger partial charge on any atom is 0.124 e. The molecule has 3 heteroatoms. The SMILES string of the molecule is CC(C)Oc1ccccc1CNCC1CCOC1. The van der Waals surface area contributed by atoms with Crippen molar-refractivity contribution < 1.29 is 9.47 Å². The van der Waals surface area contributed by atoms with E-state index in [4.69, 9.17) is 9.47 Å². The fourth-order valence-corrected chi connectivity index (χ4v) is 2.17. The van der Waals surface area contributed by atoms with Crippen LogP contribution in [0.5, 0.6) is 5.75 Å². The van der Waals surface area contributed by atoms with Crippen LogP contribution in [0, 0.1) is 5.92 Å². The van der Waals surface area contributed by atoms with Gasteiger partial charge < -0.3 is 14.8 Å². The summed E-state index contributed by atoms with van der Waals surface area (Å²) in [6, 6.07) is 8.24. The lowest BCUT2D eigenvalue weighted by molar-refractivity contribution is 0.185. The van der Waals surface area contributed by atoms with Crippen molar-refractivity contribution in [2.24, 2.45) is 5.92 Å². The molecule has 1 aliphatic heterocycles. The summed E-state index contributed by atoms with van der Waals surface area (Å²) in [5.74, 6) is 1.66. The lowest BCUT2D eigenvalue weighted by atomic mass is 10.1. The van der Waals surface area contributed by atoms with Crippen molar-refractivity contribution in [3.63, 3.8) is 0 Å². The van der Waals surface area contributed by atoms with Crippen LogP contribution in [-0.2, 0) is 11.3 Å². The van der Waals surface area contributed by atoms with E-state index in [2.05, 4.69) is 31.3 Å². The third-order valence-electron chi connectivity index (χ3n) is 3.11. The molecule has 1 heterocycles. The first-order valence-electron chi connectivity index (χ1n) is 6.78.